The fraction of sp³-hybridized carbons (Fsp3) is 0.480. The third-order valence-electron chi connectivity index (χ3n) is 6.12. The highest BCUT2D eigenvalue weighted by Gasteiger charge is 2.51. The standard InChI is InChI=1S/C25H29ClO8/c1-13-25(4,34-24(2,3)33-13)19-10-17(27)20-14(11-31-12-28-5)8-15-18(29-6)9-16(26)22(30-7)21(15)23(20)32-19/h8-10,13H,11-12H2,1-7H3/t13?,25-/m0/s1. The molecule has 0 spiro atoms. The molecule has 0 radical (unpaired) electrons. The maximum absolute atomic E-state index is 13.6. The van der Waals surface area contributed by atoms with E-state index in [2.05, 4.69) is 0 Å². The monoisotopic (exact) mass is 492 g/mol. The van der Waals surface area contributed by atoms with E-state index < -0.39 is 11.4 Å². The summed E-state index contributed by atoms with van der Waals surface area (Å²) in [5, 5.41) is 1.86. The van der Waals surface area contributed by atoms with Crippen molar-refractivity contribution < 1.29 is 32.8 Å². The molecule has 1 saturated heterocycles. The van der Waals surface area contributed by atoms with Gasteiger partial charge in [0.2, 0.25) is 0 Å². The molecule has 2 atom stereocenters. The highest BCUT2D eigenvalue weighted by Crippen LogP contribution is 2.47. The topological polar surface area (TPSA) is 85.6 Å². The average molecular weight is 493 g/mol. The number of halogens is 1. The Kier molecular flexibility index (Phi) is 6.56. The van der Waals surface area contributed by atoms with Crippen molar-refractivity contribution in [3.63, 3.8) is 0 Å². The first-order valence-corrected chi connectivity index (χ1v) is 11.2. The van der Waals surface area contributed by atoms with Crippen LogP contribution >= 0.6 is 11.6 Å². The Morgan fingerprint density at radius 2 is 1.79 bits per heavy atom. The predicted octanol–water partition coefficient (Wildman–Crippen LogP) is 5.12. The Hall–Kier alpha value is -2.36. The summed E-state index contributed by atoms with van der Waals surface area (Å²) in [7, 11) is 4.59. The van der Waals surface area contributed by atoms with Crippen molar-refractivity contribution >= 4 is 33.3 Å². The molecule has 0 aliphatic carbocycles. The van der Waals surface area contributed by atoms with Gasteiger partial charge in [0, 0.05) is 24.6 Å². The fourth-order valence-electron chi connectivity index (χ4n) is 4.58. The van der Waals surface area contributed by atoms with Crippen molar-refractivity contribution in [3.05, 3.63) is 44.8 Å². The average Bonchev–Trinajstić information content (AvgIpc) is 3.00. The van der Waals surface area contributed by atoms with Crippen molar-refractivity contribution in [2.75, 3.05) is 28.1 Å². The van der Waals surface area contributed by atoms with E-state index in [0.717, 1.165) is 0 Å². The first-order chi connectivity index (χ1) is 16.1. The lowest BCUT2D eigenvalue weighted by molar-refractivity contribution is -0.164. The van der Waals surface area contributed by atoms with Crippen LogP contribution in [0.15, 0.2) is 27.4 Å². The van der Waals surface area contributed by atoms with Crippen molar-refractivity contribution in [2.24, 2.45) is 0 Å². The third kappa shape index (κ3) is 4.03. The lowest BCUT2D eigenvalue weighted by Gasteiger charge is -2.26. The van der Waals surface area contributed by atoms with Crippen LogP contribution in [0.3, 0.4) is 0 Å². The van der Waals surface area contributed by atoms with Gasteiger partial charge in [0.25, 0.3) is 0 Å². The number of methoxy groups -OCH3 is 3. The number of ether oxygens (including phenoxy) is 6. The lowest BCUT2D eigenvalue weighted by atomic mass is 9.95. The second-order valence-corrected chi connectivity index (χ2v) is 9.26. The Labute approximate surface area is 202 Å². The maximum atomic E-state index is 13.6. The molecular weight excluding hydrogens is 464 g/mol. The summed E-state index contributed by atoms with van der Waals surface area (Å²) in [6.07, 6.45) is -0.373. The molecule has 3 aromatic rings. The minimum Gasteiger partial charge on any atom is -0.496 e. The molecular formula is C25H29ClO8. The first-order valence-electron chi connectivity index (χ1n) is 10.9. The molecule has 1 aromatic heterocycles. The van der Waals surface area contributed by atoms with E-state index in [1.807, 2.05) is 33.8 Å². The van der Waals surface area contributed by atoms with Crippen molar-refractivity contribution in [1.82, 2.24) is 0 Å². The lowest BCUT2D eigenvalue weighted by Crippen LogP contribution is -2.33. The van der Waals surface area contributed by atoms with Crippen molar-refractivity contribution in [1.29, 1.82) is 0 Å². The molecule has 4 rings (SSSR count). The van der Waals surface area contributed by atoms with Crippen LogP contribution in [0, 0.1) is 0 Å². The van der Waals surface area contributed by atoms with E-state index >= 15 is 0 Å². The summed E-state index contributed by atoms with van der Waals surface area (Å²) in [6, 6.07) is 4.93. The van der Waals surface area contributed by atoms with E-state index in [1.54, 1.807) is 13.2 Å². The van der Waals surface area contributed by atoms with Crippen LogP contribution in [0.4, 0.5) is 0 Å². The van der Waals surface area contributed by atoms with E-state index in [0.29, 0.717) is 49.6 Å². The molecule has 34 heavy (non-hydrogen) atoms. The highest BCUT2D eigenvalue weighted by atomic mass is 35.5. The van der Waals surface area contributed by atoms with Gasteiger partial charge in [-0.05, 0) is 39.3 Å². The summed E-state index contributed by atoms with van der Waals surface area (Å²) in [4.78, 5) is 13.6. The molecule has 1 aliphatic heterocycles. The van der Waals surface area contributed by atoms with Gasteiger partial charge in [-0.15, -0.1) is 0 Å². The summed E-state index contributed by atoms with van der Waals surface area (Å²) < 4.78 is 40.4. The third-order valence-corrected chi connectivity index (χ3v) is 6.40. The van der Waals surface area contributed by atoms with Gasteiger partial charge in [-0.1, -0.05) is 11.6 Å². The molecule has 0 amide bonds. The van der Waals surface area contributed by atoms with Crippen molar-refractivity contribution in [3.8, 4) is 11.5 Å². The number of fused-ring (bicyclic) bond motifs is 3. The maximum Gasteiger partial charge on any atom is 0.193 e. The fourth-order valence-corrected chi connectivity index (χ4v) is 4.85. The Morgan fingerprint density at radius 3 is 2.38 bits per heavy atom. The molecule has 2 aromatic carbocycles. The van der Waals surface area contributed by atoms with Gasteiger partial charge in [-0.25, -0.2) is 0 Å². The summed E-state index contributed by atoms with van der Waals surface area (Å²) >= 11 is 6.51. The van der Waals surface area contributed by atoms with Crippen LogP contribution < -0.4 is 14.9 Å². The van der Waals surface area contributed by atoms with Gasteiger partial charge >= 0.3 is 0 Å². The van der Waals surface area contributed by atoms with Crippen LogP contribution in [0.25, 0.3) is 21.7 Å². The number of benzene rings is 2. The quantitative estimate of drug-likeness (QED) is 0.255. The molecule has 184 valence electrons. The van der Waals surface area contributed by atoms with Gasteiger partial charge in [0.15, 0.2) is 16.8 Å². The van der Waals surface area contributed by atoms with Gasteiger partial charge < -0.3 is 32.8 Å². The molecule has 1 aliphatic rings. The Morgan fingerprint density at radius 1 is 1.06 bits per heavy atom. The molecule has 1 unspecified atom stereocenters. The number of rotatable bonds is 7. The molecule has 0 bridgehead atoms. The smallest absolute Gasteiger partial charge is 0.193 e. The van der Waals surface area contributed by atoms with Crippen LogP contribution in [0.1, 0.15) is 39.0 Å². The van der Waals surface area contributed by atoms with Gasteiger partial charge in [0.05, 0.1) is 42.7 Å². The van der Waals surface area contributed by atoms with Gasteiger partial charge in [0.1, 0.15) is 29.6 Å². The van der Waals surface area contributed by atoms with E-state index in [9.17, 15) is 4.79 Å². The first kappa shape index (κ1) is 24.8. The minimum atomic E-state index is -0.998. The Bertz CT molecular complexity index is 1300. The molecule has 1 fully saturated rings. The van der Waals surface area contributed by atoms with Gasteiger partial charge in [-0.2, -0.15) is 0 Å². The second-order valence-electron chi connectivity index (χ2n) is 8.86. The van der Waals surface area contributed by atoms with Gasteiger partial charge in [-0.3, -0.25) is 4.79 Å². The SMILES string of the molecule is COCOCc1cc2c(OC)cc(Cl)c(OC)c2c2oc([C@@]3(C)OC(C)(C)OC3C)cc(=O)c12. The summed E-state index contributed by atoms with van der Waals surface area (Å²) in [5.41, 5.74) is -0.335. The van der Waals surface area contributed by atoms with Crippen LogP contribution in [0.2, 0.25) is 5.02 Å². The number of hydrogen-bond donors (Lipinski definition) is 0. The normalized spacial score (nSPS) is 21.9. The molecule has 2 heterocycles. The van der Waals surface area contributed by atoms with Crippen LogP contribution in [-0.2, 0) is 31.2 Å². The molecule has 8 nitrogen and oxygen atoms in total. The van der Waals surface area contributed by atoms with Crippen LogP contribution in [-0.4, -0.2) is 40.0 Å². The summed E-state index contributed by atoms with van der Waals surface area (Å²) in [6.45, 7) is 7.56. The predicted molar refractivity (Wildman–Crippen MR) is 128 cm³/mol. The second kappa shape index (κ2) is 9.02. The minimum absolute atomic E-state index is 0.0693. The zero-order valence-electron chi connectivity index (χ0n) is 20.4. The van der Waals surface area contributed by atoms with Crippen molar-refractivity contribution in [2.45, 2.75) is 51.8 Å². The molecule has 9 heteroatoms. The largest absolute Gasteiger partial charge is 0.496 e. The van der Waals surface area contributed by atoms with Crippen LogP contribution in [0.5, 0.6) is 11.5 Å². The summed E-state index contributed by atoms with van der Waals surface area (Å²) in [5.74, 6) is 0.364. The van der Waals surface area contributed by atoms with E-state index in [-0.39, 0.29) is 24.9 Å². The molecule has 0 saturated carbocycles. The van der Waals surface area contributed by atoms with E-state index in [1.165, 1.54) is 20.3 Å². The zero-order chi connectivity index (χ0) is 24.8. The van der Waals surface area contributed by atoms with E-state index in [4.69, 9.17) is 44.4 Å². The number of hydrogen-bond acceptors (Lipinski definition) is 8. The highest BCUT2D eigenvalue weighted by molar-refractivity contribution is 6.34. The Balaban J connectivity index is 2.11. The molecule has 0 N–H and O–H groups in total. The zero-order valence-corrected chi connectivity index (χ0v) is 21.1.